The van der Waals surface area contributed by atoms with E-state index in [9.17, 15) is 14.7 Å². The third-order valence-corrected chi connectivity index (χ3v) is 5.53. The van der Waals surface area contributed by atoms with Crippen LogP contribution in [0.25, 0.3) is 0 Å². The van der Waals surface area contributed by atoms with Crippen LogP contribution in [0.2, 0.25) is 0 Å². The van der Waals surface area contributed by atoms with Gasteiger partial charge in [0.2, 0.25) is 0 Å². The van der Waals surface area contributed by atoms with Crippen molar-refractivity contribution in [1.29, 1.82) is 0 Å². The average molecular weight is 355 g/mol. The number of carbonyl (C=O) groups excluding carboxylic acids is 1. The van der Waals surface area contributed by atoms with Crippen molar-refractivity contribution in [1.82, 2.24) is 4.90 Å². The first-order valence-corrected chi connectivity index (χ1v) is 8.83. The quantitative estimate of drug-likeness (QED) is 0.827. The lowest BCUT2D eigenvalue weighted by Crippen LogP contribution is -2.50. The first-order chi connectivity index (χ1) is 10.5. The van der Waals surface area contributed by atoms with Gasteiger partial charge in [-0.2, -0.15) is 0 Å². The summed E-state index contributed by atoms with van der Waals surface area (Å²) in [6.07, 6.45) is -0.594. The molecule has 1 aromatic rings. The Morgan fingerprint density at radius 2 is 1.91 bits per heavy atom. The van der Waals surface area contributed by atoms with Gasteiger partial charge in [-0.05, 0) is 38.6 Å². The Morgan fingerprint density at radius 1 is 1.35 bits per heavy atom. The molecule has 23 heavy (non-hydrogen) atoms. The number of amides is 1. The van der Waals surface area contributed by atoms with Crippen molar-refractivity contribution < 1.29 is 19.4 Å². The van der Waals surface area contributed by atoms with Crippen molar-refractivity contribution in [2.75, 3.05) is 5.88 Å². The van der Waals surface area contributed by atoms with Crippen molar-refractivity contribution in [3.8, 4) is 0 Å². The molecule has 0 aromatic heterocycles. The maximum atomic E-state index is 12.4. The minimum absolute atomic E-state index is 0.283. The number of aliphatic carboxylic acids is 1. The second kappa shape index (κ2) is 6.33. The largest absolute Gasteiger partial charge is 0.480 e. The van der Waals surface area contributed by atoms with E-state index in [2.05, 4.69) is 9.24 Å². The molecule has 1 amide bonds. The number of thioether (sulfide) groups is 1. The number of carboxylic acids is 1. The lowest BCUT2D eigenvalue weighted by atomic mass is 9.91. The Hall–Kier alpha value is -1.26. The van der Waals surface area contributed by atoms with Crippen molar-refractivity contribution in [3.63, 3.8) is 0 Å². The molecular formula is C16H22NO4PS. The summed E-state index contributed by atoms with van der Waals surface area (Å²) in [4.78, 5) is 25.5. The highest BCUT2D eigenvalue weighted by Crippen LogP contribution is 2.47. The summed E-state index contributed by atoms with van der Waals surface area (Å²) in [7, 11) is 2.60. The fourth-order valence-electron chi connectivity index (χ4n) is 2.56. The predicted molar refractivity (Wildman–Crippen MR) is 95.1 cm³/mol. The van der Waals surface area contributed by atoms with Crippen LogP contribution in [0.15, 0.2) is 24.3 Å². The van der Waals surface area contributed by atoms with Gasteiger partial charge in [-0.15, -0.1) is 21.0 Å². The molecule has 0 radical (unpaired) electrons. The molecule has 1 fully saturated rings. The van der Waals surface area contributed by atoms with E-state index >= 15 is 0 Å². The third-order valence-electron chi connectivity index (χ3n) is 3.68. The predicted octanol–water partition coefficient (Wildman–Crippen LogP) is 2.80. The van der Waals surface area contributed by atoms with Gasteiger partial charge in [0.05, 0.1) is 10.6 Å². The summed E-state index contributed by atoms with van der Waals surface area (Å²) >= 11 is 1.44. The lowest BCUT2D eigenvalue weighted by Gasteiger charge is -2.32. The van der Waals surface area contributed by atoms with Crippen LogP contribution in [-0.4, -0.2) is 39.6 Å². The van der Waals surface area contributed by atoms with E-state index in [1.807, 2.05) is 31.2 Å². The number of rotatable bonds is 2. The molecule has 0 saturated carbocycles. The smallest absolute Gasteiger partial charge is 0.411 e. The first-order valence-electron chi connectivity index (χ1n) is 7.27. The zero-order chi connectivity index (χ0) is 17.4. The molecule has 2 rings (SSSR count). The van der Waals surface area contributed by atoms with Gasteiger partial charge in [0, 0.05) is 0 Å². The summed E-state index contributed by atoms with van der Waals surface area (Å²) < 4.78 is 4.64. The lowest BCUT2D eigenvalue weighted by molar-refractivity contribution is -0.143. The Labute approximate surface area is 143 Å². The number of carbonyl (C=O) groups is 2. The molecule has 1 saturated heterocycles. The van der Waals surface area contributed by atoms with Crippen molar-refractivity contribution in [2.45, 2.75) is 44.1 Å². The van der Waals surface area contributed by atoms with Gasteiger partial charge < -0.3 is 9.84 Å². The summed E-state index contributed by atoms with van der Waals surface area (Å²) in [6.45, 7) is 7.15. The first kappa shape index (κ1) is 18.1. The molecule has 1 aliphatic heterocycles. The average Bonchev–Trinajstić information content (AvgIpc) is 2.76. The molecule has 0 aliphatic carbocycles. The van der Waals surface area contributed by atoms with Crippen molar-refractivity contribution >= 4 is 38.4 Å². The molecule has 126 valence electrons. The topological polar surface area (TPSA) is 66.8 Å². The Balaban J connectivity index is 2.34. The summed E-state index contributed by atoms with van der Waals surface area (Å²) in [5.41, 5.74) is 0.220. The Morgan fingerprint density at radius 3 is 2.39 bits per heavy atom. The van der Waals surface area contributed by atoms with Gasteiger partial charge >= 0.3 is 12.1 Å². The highest BCUT2D eigenvalue weighted by molar-refractivity contribution is 8.00. The maximum absolute atomic E-state index is 12.4. The van der Waals surface area contributed by atoms with E-state index in [0.717, 1.165) is 10.9 Å². The van der Waals surface area contributed by atoms with Crippen LogP contribution < -0.4 is 5.30 Å². The number of nitrogens with zero attached hydrogens (tertiary/aromatic N) is 1. The number of benzene rings is 1. The van der Waals surface area contributed by atoms with Crippen molar-refractivity contribution in [3.05, 3.63) is 29.8 Å². The zero-order valence-corrected chi connectivity index (χ0v) is 15.7. The number of ether oxygens (including phenoxy) is 1. The minimum atomic E-state index is -1.03. The molecule has 3 unspecified atom stereocenters. The summed E-state index contributed by atoms with van der Waals surface area (Å²) in [5.74, 6) is -0.747. The van der Waals surface area contributed by atoms with E-state index in [0.29, 0.717) is 0 Å². The van der Waals surface area contributed by atoms with Crippen LogP contribution in [0.4, 0.5) is 4.79 Å². The van der Waals surface area contributed by atoms with E-state index in [-0.39, 0.29) is 5.88 Å². The van der Waals surface area contributed by atoms with E-state index in [4.69, 9.17) is 4.74 Å². The summed E-state index contributed by atoms with van der Waals surface area (Å²) in [5, 5.41) is 10.7. The highest BCUT2D eigenvalue weighted by Gasteiger charge is 2.53. The van der Waals surface area contributed by atoms with Crippen LogP contribution in [0.3, 0.4) is 0 Å². The molecule has 1 N–H and O–H groups in total. The molecule has 0 bridgehead atoms. The van der Waals surface area contributed by atoms with Gasteiger partial charge in [0.15, 0.2) is 6.04 Å². The van der Waals surface area contributed by atoms with Crippen LogP contribution in [-0.2, 0) is 14.3 Å². The van der Waals surface area contributed by atoms with Crippen LogP contribution in [0.5, 0.6) is 0 Å². The number of hydrogen-bond acceptors (Lipinski definition) is 4. The minimum Gasteiger partial charge on any atom is -0.480 e. The fraction of sp³-hybridized carbons (Fsp3) is 0.500. The molecular weight excluding hydrogens is 333 g/mol. The second-order valence-corrected chi connectivity index (χ2v) is 8.76. The van der Waals surface area contributed by atoms with Crippen LogP contribution in [0, 0.1) is 0 Å². The normalized spacial score (nSPS) is 24.6. The maximum Gasteiger partial charge on any atom is 0.411 e. The number of carboxylic acid groups (broad SMARTS) is 1. The van der Waals surface area contributed by atoms with E-state index in [1.54, 1.807) is 20.8 Å². The summed E-state index contributed by atoms with van der Waals surface area (Å²) in [6, 6.07) is 6.67. The van der Waals surface area contributed by atoms with Crippen molar-refractivity contribution in [2.24, 2.45) is 0 Å². The van der Waals surface area contributed by atoms with Gasteiger partial charge in [0.1, 0.15) is 5.60 Å². The highest BCUT2D eigenvalue weighted by atomic mass is 32.2. The van der Waals surface area contributed by atoms with E-state index < -0.39 is 28.5 Å². The Bertz CT molecular complexity index is 614. The van der Waals surface area contributed by atoms with Crippen LogP contribution >= 0.6 is 21.0 Å². The van der Waals surface area contributed by atoms with Gasteiger partial charge in [0.25, 0.3) is 0 Å². The Kier molecular flexibility index (Phi) is 4.97. The standard InChI is InChI=1S/C16H22NO4PS/c1-15(2,3)21-14(20)17-9-23-16(4,12(17)13(18)19)10-5-7-11(22)8-6-10/h5-8,12H,9,22H2,1-4H3,(H,18,19). The van der Waals surface area contributed by atoms with Crippen LogP contribution in [0.1, 0.15) is 33.3 Å². The monoisotopic (exact) mass is 355 g/mol. The number of hydrogen-bond donors (Lipinski definition) is 1. The molecule has 1 heterocycles. The molecule has 1 aromatic carbocycles. The SMILES string of the molecule is CC(C)(C)OC(=O)N1CSC(C)(c2ccc(P)cc2)C1C(=O)O. The molecule has 0 spiro atoms. The molecule has 7 heteroatoms. The van der Waals surface area contributed by atoms with E-state index in [1.165, 1.54) is 16.7 Å². The zero-order valence-electron chi connectivity index (χ0n) is 13.7. The fourth-order valence-corrected chi connectivity index (χ4v) is 4.10. The second-order valence-electron chi connectivity index (χ2n) is 6.69. The van der Waals surface area contributed by atoms with Gasteiger partial charge in [-0.1, -0.05) is 24.3 Å². The molecule has 3 atom stereocenters. The van der Waals surface area contributed by atoms with Gasteiger partial charge in [-0.3, -0.25) is 4.90 Å². The molecule has 1 aliphatic rings. The van der Waals surface area contributed by atoms with Gasteiger partial charge in [-0.25, -0.2) is 9.59 Å². The third kappa shape index (κ3) is 3.81. The molecule has 5 nitrogen and oxygen atoms in total.